The first kappa shape index (κ1) is 18.4. The summed E-state index contributed by atoms with van der Waals surface area (Å²) < 4.78 is 0. The van der Waals surface area contributed by atoms with Gasteiger partial charge in [0.05, 0.1) is 6.04 Å². The van der Waals surface area contributed by atoms with Crippen molar-refractivity contribution >= 4 is 11.7 Å². The third-order valence-corrected chi connectivity index (χ3v) is 3.02. The normalized spacial score (nSPS) is 13.6. The van der Waals surface area contributed by atoms with Gasteiger partial charge in [-0.05, 0) is 17.9 Å². The number of nitrogens with two attached hydrogens (primary N) is 1. The van der Waals surface area contributed by atoms with Gasteiger partial charge in [-0.25, -0.2) is 0 Å². The summed E-state index contributed by atoms with van der Waals surface area (Å²) in [6, 6.07) is -0.476. The van der Waals surface area contributed by atoms with Crippen LogP contribution in [0.5, 0.6) is 0 Å². The Kier molecular flexibility index (Phi) is 7.21. The van der Waals surface area contributed by atoms with Gasteiger partial charge in [0, 0.05) is 19.2 Å². The van der Waals surface area contributed by atoms with Gasteiger partial charge >= 0.3 is 0 Å². The number of ketones is 1. The monoisotopic (exact) mass is 281 g/mol. The number of carbonyl (C=O) groups is 2. The molecular formula is C15H27N3O2. The lowest BCUT2D eigenvalue weighted by Crippen LogP contribution is -2.51. The van der Waals surface area contributed by atoms with Crippen LogP contribution in [0.15, 0.2) is 24.4 Å². The fourth-order valence-electron chi connectivity index (χ4n) is 2.30. The lowest BCUT2D eigenvalue weighted by Gasteiger charge is -2.38. The minimum atomic E-state index is -0.476. The van der Waals surface area contributed by atoms with Crippen molar-refractivity contribution in [1.29, 1.82) is 0 Å². The highest BCUT2D eigenvalue weighted by Gasteiger charge is 2.36. The maximum Gasteiger partial charge on any atom is 0.223 e. The topological polar surface area (TPSA) is 75.4 Å². The second-order valence-corrected chi connectivity index (χ2v) is 5.84. The fourth-order valence-corrected chi connectivity index (χ4v) is 2.30. The van der Waals surface area contributed by atoms with Gasteiger partial charge in [0.25, 0.3) is 0 Å². The molecule has 0 unspecified atom stereocenters. The van der Waals surface area contributed by atoms with E-state index in [4.69, 9.17) is 5.84 Å². The largest absolute Gasteiger partial charge is 0.331 e. The first-order valence-corrected chi connectivity index (χ1v) is 6.76. The number of nitrogens with one attached hydrogen (secondary N) is 1. The van der Waals surface area contributed by atoms with Crippen molar-refractivity contribution in [3.8, 4) is 0 Å². The summed E-state index contributed by atoms with van der Waals surface area (Å²) in [6.07, 6.45) is 3.54. The van der Waals surface area contributed by atoms with E-state index in [0.29, 0.717) is 13.0 Å². The summed E-state index contributed by atoms with van der Waals surface area (Å²) in [5.41, 5.74) is 2.85. The molecule has 1 atom stereocenters. The van der Waals surface area contributed by atoms with Gasteiger partial charge in [0.15, 0.2) is 5.78 Å². The zero-order chi connectivity index (χ0) is 15.9. The number of nitrogens with zero attached hydrogens (tertiary/aromatic N) is 1. The summed E-state index contributed by atoms with van der Waals surface area (Å²) >= 11 is 0. The number of Topliss-reactive ketones (excluding diaryl/α,β-unsaturated/α-hetero) is 1. The Morgan fingerprint density at radius 3 is 2.25 bits per heavy atom. The first-order chi connectivity index (χ1) is 9.18. The van der Waals surface area contributed by atoms with Crippen LogP contribution in [0.2, 0.25) is 0 Å². The molecule has 5 nitrogen and oxygen atoms in total. The molecule has 0 aliphatic carbocycles. The number of carbonyl (C=O) groups excluding carboxylic acids is 2. The van der Waals surface area contributed by atoms with Crippen LogP contribution >= 0.6 is 0 Å². The smallest absolute Gasteiger partial charge is 0.223 e. The number of amides is 1. The van der Waals surface area contributed by atoms with Crippen LogP contribution in [-0.4, -0.2) is 29.2 Å². The number of hydrogen-bond acceptors (Lipinski definition) is 4. The molecule has 1 amide bonds. The highest BCUT2D eigenvalue weighted by molar-refractivity contribution is 5.88. The molecule has 0 rings (SSSR count). The zero-order valence-corrected chi connectivity index (χ0v) is 13.2. The maximum absolute atomic E-state index is 12.2. The molecule has 0 radical (unpaired) electrons. The molecule has 0 aliphatic heterocycles. The van der Waals surface area contributed by atoms with Crippen LogP contribution in [-0.2, 0) is 9.59 Å². The van der Waals surface area contributed by atoms with Gasteiger partial charge in [-0.1, -0.05) is 40.3 Å². The number of hydrazine groups is 1. The van der Waals surface area contributed by atoms with Gasteiger partial charge in [-0.15, -0.1) is 0 Å². The average Bonchev–Trinajstić information content (AvgIpc) is 2.33. The van der Waals surface area contributed by atoms with Crippen LogP contribution in [0, 0.1) is 5.41 Å². The Morgan fingerprint density at radius 2 is 1.95 bits per heavy atom. The minimum Gasteiger partial charge on any atom is -0.331 e. The van der Waals surface area contributed by atoms with Crippen LogP contribution < -0.4 is 11.3 Å². The van der Waals surface area contributed by atoms with Crippen molar-refractivity contribution in [2.45, 2.75) is 47.1 Å². The van der Waals surface area contributed by atoms with E-state index in [1.807, 2.05) is 20.8 Å². The summed E-state index contributed by atoms with van der Waals surface area (Å²) in [5.74, 6) is 5.18. The Balaban J connectivity index is 5.53. The van der Waals surface area contributed by atoms with E-state index in [0.717, 1.165) is 5.57 Å². The van der Waals surface area contributed by atoms with Crippen molar-refractivity contribution in [2.75, 3.05) is 6.54 Å². The van der Waals surface area contributed by atoms with Crippen molar-refractivity contribution in [3.63, 3.8) is 0 Å². The molecule has 20 heavy (non-hydrogen) atoms. The number of hydrogen-bond donors (Lipinski definition) is 2. The van der Waals surface area contributed by atoms with Gasteiger partial charge in [-0.2, -0.15) is 0 Å². The molecule has 0 saturated carbocycles. The molecule has 0 aromatic heterocycles. The SMILES string of the molecule is C=C/C(=C\NN)CN(C(=O)CC)[C@H](C(C)=O)C(C)(C)C. The standard InChI is InChI=1S/C15H27N3O2/c1-7-12(9-17-16)10-18(13(20)8-2)14(11(3)19)15(4,5)6/h7,9,14,17H,1,8,10,16H2,2-6H3/b12-9+/t14-/m1/s1. The molecule has 0 fully saturated rings. The van der Waals surface area contributed by atoms with E-state index < -0.39 is 6.04 Å². The summed E-state index contributed by atoms with van der Waals surface area (Å²) in [5, 5.41) is 0. The number of rotatable bonds is 7. The van der Waals surface area contributed by atoms with Gasteiger partial charge in [0.1, 0.15) is 0 Å². The molecule has 114 valence electrons. The van der Waals surface area contributed by atoms with Crippen molar-refractivity contribution < 1.29 is 9.59 Å². The van der Waals surface area contributed by atoms with Crippen molar-refractivity contribution in [3.05, 3.63) is 24.4 Å². The molecule has 0 aromatic carbocycles. The van der Waals surface area contributed by atoms with Crippen LogP contribution in [0.1, 0.15) is 41.0 Å². The highest BCUT2D eigenvalue weighted by Crippen LogP contribution is 2.26. The van der Waals surface area contributed by atoms with Crippen LogP contribution in [0.25, 0.3) is 0 Å². The molecular weight excluding hydrogens is 254 g/mol. The maximum atomic E-state index is 12.2. The van der Waals surface area contributed by atoms with Gasteiger partial charge in [0.2, 0.25) is 5.91 Å². The summed E-state index contributed by atoms with van der Waals surface area (Å²) in [7, 11) is 0. The van der Waals surface area contributed by atoms with E-state index in [1.54, 1.807) is 24.1 Å². The minimum absolute atomic E-state index is 0.0246. The molecule has 5 heteroatoms. The Bertz CT molecular complexity index is 394. The lowest BCUT2D eigenvalue weighted by atomic mass is 9.83. The predicted molar refractivity (Wildman–Crippen MR) is 81.5 cm³/mol. The van der Waals surface area contributed by atoms with E-state index in [-0.39, 0.29) is 17.1 Å². The predicted octanol–water partition coefficient (Wildman–Crippen LogP) is 1.76. The highest BCUT2D eigenvalue weighted by atomic mass is 16.2. The Hall–Kier alpha value is -1.62. The van der Waals surface area contributed by atoms with Crippen LogP contribution in [0.4, 0.5) is 0 Å². The Labute approximate surface area is 121 Å². The Morgan fingerprint density at radius 1 is 1.40 bits per heavy atom. The molecule has 3 N–H and O–H groups in total. The molecule has 0 aromatic rings. The third kappa shape index (κ3) is 5.17. The van der Waals surface area contributed by atoms with Crippen molar-refractivity contribution in [1.82, 2.24) is 10.3 Å². The third-order valence-electron chi connectivity index (χ3n) is 3.02. The van der Waals surface area contributed by atoms with E-state index in [1.165, 1.54) is 6.92 Å². The van der Waals surface area contributed by atoms with E-state index in [2.05, 4.69) is 12.0 Å². The summed E-state index contributed by atoms with van der Waals surface area (Å²) in [4.78, 5) is 25.8. The van der Waals surface area contributed by atoms with Gasteiger partial charge < -0.3 is 10.3 Å². The van der Waals surface area contributed by atoms with Crippen molar-refractivity contribution in [2.24, 2.45) is 11.3 Å². The second-order valence-electron chi connectivity index (χ2n) is 5.84. The lowest BCUT2D eigenvalue weighted by molar-refractivity contribution is -0.142. The summed E-state index contributed by atoms with van der Waals surface area (Å²) in [6.45, 7) is 13.2. The molecule has 0 heterocycles. The molecule has 0 aliphatic rings. The quantitative estimate of drug-likeness (QED) is 0.423. The molecule has 0 saturated heterocycles. The zero-order valence-electron chi connectivity index (χ0n) is 13.2. The molecule has 0 bridgehead atoms. The van der Waals surface area contributed by atoms with E-state index in [9.17, 15) is 9.59 Å². The average molecular weight is 281 g/mol. The second kappa shape index (κ2) is 7.85. The van der Waals surface area contributed by atoms with E-state index >= 15 is 0 Å². The fraction of sp³-hybridized carbons (Fsp3) is 0.600. The molecule has 0 spiro atoms. The van der Waals surface area contributed by atoms with Crippen LogP contribution in [0.3, 0.4) is 0 Å². The van der Waals surface area contributed by atoms with Gasteiger partial charge in [-0.3, -0.25) is 15.4 Å². The first-order valence-electron chi connectivity index (χ1n) is 6.76.